The maximum Gasteiger partial charge on any atom is 0.143 e. The fraction of sp³-hybridized carbons (Fsp3) is 0. The second kappa shape index (κ2) is 10.4. The molecule has 11 rings (SSSR count). The summed E-state index contributed by atoms with van der Waals surface area (Å²) in [5, 5.41) is 12.4. The largest absolute Gasteiger partial charge is 0.455 e. The van der Waals surface area contributed by atoms with Crippen molar-refractivity contribution in [2.45, 2.75) is 0 Å². The van der Waals surface area contributed by atoms with E-state index in [9.17, 15) is 0 Å². The van der Waals surface area contributed by atoms with Gasteiger partial charge in [-0.2, -0.15) is 0 Å². The van der Waals surface area contributed by atoms with E-state index in [0.717, 1.165) is 49.9 Å². The Morgan fingerprint density at radius 3 is 1.50 bits per heavy atom. The number of benzene rings is 9. The van der Waals surface area contributed by atoms with E-state index in [0.29, 0.717) is 0 Å². The number of aromatic nitrogens is 1. The number of rotatable bonds is 3. The molecule has 0 aliphatic heterocycles. The topological polar surface area (TPSA) is 18.1 Å². The number of hydrogen-bond acceptors (Lipinski definition) is 1. The maximum atomic E-state index is 6.80. The number of fused-ring (bicyclic) bond motifs is 12. The highest BCUT2D eigenvalue weighted by Crippen LogP contribution is 2.42. The van der Waals surface area contributed by atoms with Crippen molar-refractivity contribution in [3.05, 3.63) is 176 Å². The van der Waals surface area contributed by atoms with Crippen molar-refractivity contribution in [2.24, 2.45) is 0 Å². The van der Waals surface area contributed by atoms with E-state index < -0.39 is 0 Å². The van der Waals surface area contributed by atoms with E-state index in [-0.39, 0.29) is 0 Å². The van der Waals surface area contributed by atoms with Gasteiger partial charge < -0.3 is 8.98 Å². The quantitative estimate of drug-likeness (QED) is 0.177. The molecule has 0 aliphatic rings. The van der Waals surface area contributed by atoms with Gasteiger partial charge in [0, 0.05) is 38.4 Å². The van der Waals surface area contributed by atoms with E-state index in [1.54, 1.807) is 0 Å². The maximum absolute atomic E-state index is 6.80. The highest BCUT2D eigenvalue weighted by Gasteiger charge is 2.18. The molecule has 0 spiro atoms. The molecule has 2 aromatic heterocycles. The second-order valence-electron chi connectivity index (χ2n) is 13.2. The predicted molar refractivity (Wildman–Crippen MR) is 211 cm³/mol. The summed E-state index contributed by atoms with van der Waals surface area (Å²) >= 11 is 0. The summed E-state index contributed by atoms with van der Waals surface area (Å²) < 4.78 is 9.22. The summed E-state index contributed by atoms with van der Waals surface area (Å²) in [5.74, 6) is 0. The molecule has 0 aliphatic carbocycles. The Labute approximate surface area is 288 Å². The van der Waals surface area contributed by atoms with Crippen molar-refractivity contribution < 1.29 is 4.42 Å². The Kier molecular flexibility index (Phi) is 5.70. The first kappa shape index (κ1) is 27.3. The molecule has 0 unspecified atom stereocenters. The molecule has 50 heavy (non-hydrogen) atoms. The van der Waals surface area contributed by atoms with E-state index in [1.165, 1.54) is 54.1 Å². The minimum atomic E-state index is 0.919. The molecule has 0 saturated carbocycles. The van der Waals surface area contributed by atoms with E-state index in [1.807, 2.05) is 0 Å². The lowest BCUT2D eigenvalue weighted by atomic mass is 9.94. The van der Waals surface area contributed by atoms with Crippen molar-refractivity contribution >= 4 is 76.1 Å². The van der Waals surface area contributed by atoms with Crippen molar-refractivity contribution in [1.82, 2.24) is 4.57 Å². The van der Waals surface area contributed by atoms with E-state index >= 15 is 0 Å². The Hall–Kier alpha value is -6.64. The predicted octanol–water partition coefficient (Wildman–Crippen LogP) is 13.5. The standard InChI is InChI=1S/C48H29NO/c1-2-12-30(13-3-1)33-19-10-21-41-42-22-11-20-34(48(42)50-47(33)41)31-24-27-46-44(28-31)40-18-8-9-23-45(40)49(46)32-25-26-39-37-16-5-4-14-35(37)36-15-6-7-17-38(36)43(39)29-32/h1-29H. The smallest absolute Gasteiger partial charge is 0.143 e. The van der Waals surface area contributed by atoms with Gasteiger partial charge in [0.25, 0.3) is 0 Å². The zero-order valence-electron chi connectivity index (χ0n) is 27.1. The van der Waals surface area contributed by atoms with Crippen molar-refractivity contribution in [3.63, 3.8) is 0 Å². The van der Waals surface area contributed by atoms with Crippen molar-refractivity contribution in [2.75, 3.05) is 0 Å². The number of furan rings is 1. The van der Waals surface area contributed by atoms with Crippen LogP contribution in [0.15, 0.2) is 180 Å². The van der Waals surface area contributed by atoms with Gasteiger partial charge in [0.1, 0.15) is 11.2 Å². The molecule has 0 amide bonds. The first-order valence-electron chi connectivity index (χ1n) is 17.2. The molecule has 0 atom stereocenters. The molecule has 0 bridgehead atoms. The van der Waals surface area contributed by atoms with Crippen LogP contribution in [0.5, 0.6) is 0 Å². The molecule has 0 fully saturated rings. The van der Waals surface area contributed by atoms with Crippen LogP contribution in [-0.4, -0.2) is 4.57 Å². The Morgan fingerprint density at radius 1 is 0.300 bits per heavy atom. The first-order valence-corrected chi connectivity index (χ1v) is 17.2. The summed E-state index contributed by atoms with van der Waals surface area (Å²) in [4.78, 5) is 0. The molecular formula is C48H29NO. The van der Waals surface area contributed by atoms with Gasteiger partial charge >= 0.3 is 0 Å². The number of hydrogen-bond donors (Lipinski definition) is 0. The Bertz CT molecular complexity index is 3110. The molecule has 0 radical (unpaired) electrons. The van der Waals surface area contributed by atoms with Crippen LogP contribution in [0.4, 0.5) is 0 Å². The summed E-state index contributed by atoms with van der Waals surface area (Å²) in [6.45, 7) is 0. The monoisotopic (exact) mass is 635 g/mol. The van der Waals surface area contributed by atoms with Gasteiger partial charge in [-0.1, -0.05) is 146 Å². The van der Waals surface area contributed by atoms with Crippen LogP contribution in [0.1, 0.15) is 0 Å². The lowest BCUT2D eigenvalue weighted by molar-refractivity contribution is 0.671. The highest BCUT2D eigenvalue weighted by atomic mass is 16.3. The summed E-state index contributed by atoms with van der Waals surface area (Å²) in [6, 6.07) is 63.6. The third kappa shape index (κ3) is 3.85. The van der Waals surface area contributed by atoms with Crippen LogP contribution in [0.25, 0.3) is 104 Å². The number of nitrogens with zero attached hydrogens (tertiary/aromatic N) is 1. The van der Waals surface area contributed by atoms with Crippen LogP contribution >= 0.6 is 0 Å². The summed E-state index contributed by atoms with van der Waals surface area (Å²) in [5.41, 5.74) is 9.88. The minimum absolute atomic E-state index is 0.919. The molecule has 0 N–H and O–H groups in total. The van der Waals surface area contributed by atoms with Gasteiger partial charge in [0.2, 0.25) is 0 Å². The molecule has 2 nitrogen and oxygen atoms in total. The van der Waals surface area contributed by atoms with Crippen LogP contribution < -0.4 is 0 Å². The first-order chi connectivity index (χ1) is 24.8. The van der Waals surface area contributed by atoms with Gasteiger partial charge in [-0.3, -0.25) is 0 Å². The van der Waals surface area contributed by atoms with Gasteiger partial charge in [0.15, 0.2) is 0 Å². The molecule has 0 saturated heterocycles. The third-order valence-corrected chi connectivity index (χ3v) is 10.6. The summed E-state index contributed by atoms with van der Waals surface area (Å²) in [6.07, 6.45) is 0. The molecule has 232 valence electrons. The van der Waals surface area contributed by atoms with Gasteiger partial charge in [-0.05, 0) is 73.8 Å². The van der Waals surface area contributed by atoms with Crippen LogP contribution in [-0.2, 0) is 0 Å². The zero-order valence-corrected chi connectivity index (χ0v) is 27.1. The third-order valence-electron chi connectivity index (χ3n) is 10.6. The molecule has 9 aromatic carbocycles. The molecular weight excluding hydrogens is 607 g/mol. The molecule has 2 heterocycles. The SMILES string of the molecule is c1ccc(-c2cccc3c2oc2c(-c4ccc5c(c4)c4ccccc4n5-c4ccc5c6ccccc6c6ccccc6c5c4)cccc23)cc1. The minimum Gasteiger partial charge on any atom is -0.455 e. The van der Waals surface area contributed by atoms with Gasteiger partial charge in [-0.15, -0.1) is 0 Å². The lowest BCUT2D eigenvalue weighted by Crippen LogP contribution is -1.94. The van der Waals surface area contributed by atoms with Gasteiger partial charge in [-0.25, -0.2) is 0 Å². The summed E-state index contributed by atoms with van der Waals surface area (Å²) in [7, 11) is 0. The zero-order chi connectivity index (χ0) is 32.8. The second-order valence-corrected chi connectivity index (χ2v) is 13.2. The van der Waals surface area contributed by atoms with Crippen LogP contribution in [0, 0.1) is 0 Å². The molecule has 11 aromatic rings. The van der Waals surface area contributed by atoms with Gasteiger partial charge in [0.05, 0.1) is 11.0 Å². The normalized spacial score (nSPS) is 12.0. The lowest BCUT2D eigenvalue weighted by Gasteiger charge is -2.14. The van der Waals surface area contributed by atoms with Crippen LogP contribution in [0.3, 0.4) is 0 Å². The fourth-order valence-electron chi connectivity index (χ4n) is 8.35. The average molecular weight is 636 g/mol. The van der Waals surface area contributed by atoms with Crippen molar-refractivity contribution in [1.29, 1.82) is 0 Å². The van der Waals surface area contributed by atoms with Crippen molar-refractivity contribution in [3.8, 4) is 27.9 Å². The number of para-hydroxylation sites is 3. The van der Waals surface area contributed by atoms with E-state index in [4.69, 9.17) is 4.42 Å². The molecule has 2 heteroatoms. The average Bonchev–Trinajstić information content (AvgIpc) is 3.74. The highest BCUT2D eigenvalue weighted by molar-refractivity contribution is 6.25. The van der Waals surface area contributed by atoms with Crippen LogP contribution in [0.2, 0.25) is 0 Å². The van der Waals surface area contributed by atoms with E-state index in [2.05, 4.69) is 180 Å². The fourth-order valence-corrected chi connectivity index (χ4v) is 8.35. The Balaban J connectivity index is 1.14. The Morgan fingerprint density at radius 2 is 0.820 bits per heavy atom.